The number of hydrogen-bond acceptors (Lipinski definition) is 5. The monoisotopic (exact) mass is 235 g/mol. The maximum atomic E-state index is 10.3. The number of morpholine rings is 1. The van der Waals surface area contributed by atoms with E-state index < -0.39 is 10.1 Å². The molecule has 1 rings (SSSR count). The second-order valence-corrected chi connectivity index (χ2v) is 4.24. The largest absolute Gasteiger partial charge is 1.00 e. The molecule has 2 N–H and O–H groups in total. The van der Waals surface area contributed by atoms with Crippen molar-refractivity contribution < 1.29 is 52.7 Å². The minimum Gasteiger partial charge on any atom is -0.748 e. The predicted octanol–water partition coefficient (Wildman–Crippen LogP) is -4.96. The van der Waals surface area contributed by atoms with Gasteiger partial charge in [-0.25, -0.2) is 8.42 Å². The second-order valence-electron chi connectivity index (χ2n) is 2.72. The van der Waals surface area contributed by atoms with Gasteiger partial charge in [0.25, 0.3) is 0 Å². The molecule has 0 saturated carbocycles. The Kier molecular flexibility index (Phi) is 9.83. The van der Waals surface area contributed by atoms with Gasteiger partial charge >= 0.3 is 29.6 Å². The van der Waals surface area contributed by atoms with Gasteiger partial charge in [-0.1, -0.05) is 0 Å². The van der Waals surface area contributed by atoms with Crippen molar-refractivity contribution in [2.24, 2.45) is 0 Å². The predicted molar refractivity (Wildman–Crippen MR) is 45.4 cm³/mol. The van der Waals surface area contributed by atoms with E-state index in [4.69, 9.17) is 4.74 Å². The van der Waals surface area contributed by atoms with Crippen LogP contribution in [0, 0.1) is 0 Å². The first-order valence-electron chi connectivity index (χ1n) is 3.81. The van der Waals surface area contributed by atoms with Crippen LogP contribution in [0.25, 0.3) is 0 Å². The third-order valence-electron chi connectivity index (χ3n) is 1.76. The summed E-state index contributed by atoms with van der Waals surface area (Å²) < 4.78 is 35.8. The molecule has 0 spiro atoms. The molecule has 1 aliphatic heterocycles. The molecule has 0 aromatic heterocycles. The van der Waals surface area contributed by atoms with Crippen LogP contribution in [0.1, 0.15) is 0 Å². The van der Waals surface area contributed by atoms with E-state index in [9.17, 15) is 13.0 Å². The number of hydrogen-bond donors (Lipinski definition) is 0. The minimum absolute atomic E-state index is 0. The fourth-order valence-electron chi connectivity index (χ4n) is 1.07. The molecule has 0 bridgehead atoms. The molecular weight excluding hydrogens is 221 g/mol. The Labute approximate surface area is 106 Å². The molecule has 80 valence electrons. The smallest absolute Gasteiger partial charge is 0.748 e. The average molecular weight is 235 g/mol. The van der Waals surface area contributed by atoms with Crippen molar-refractivity contribution in [2.45, 2.75) is 0 Å². The molecule has 0 unspecified atom stereocenters. The van der Waals surface area contributed by atoms with E-state index in [1.165, 1.54) is 0 Å². The molecule has 8 heteroatoms. The molecule has 1 aliphatic rings. The van der Waals surface area contributed by atoms with Crippen molar-refractivity contribution in [3.8, 4) is 0 Å². The Balaban J connectivity index is 0. The molecule has 0 amide bonds. The first-order valence-corrected chi connectivity index (χ1v) is 5.39. The van der Waals surface area contributed by atoms with E-state index in [1.807, 2.05) is 4.90 Å². The Bertz CT molecular complexity index is 226. The molecule has 1 heterocycles. The summed E-state index contributed by atoms with van der Waals surface area (Å²) in [5, 5.41) is 0. The molecule has 0 aromatic rings. The first kappa shape index (κ1) is 17.2. The zero-order valence-corrected chi connectivity index (χ0v) is 11.0. The van der Waals surface area contributed by atoms with Crippen LogP contribution in [-0.2, 0) is 14.9 Å². The number of rotatable bonds is 3. The van der Waals surface area contributed by atoms with Gasteiger partial charge in [-0.05, 0) is 0 Å². The van der Waals surface area contributed by atoms with Gasteiger partial charge in [-0.15, -0.1) is 0 Å². The van der Waals surface area contributed by atoms with Gasteiger partial charge in [0.1, 0.15) is 0 Å². The van der Waals surface area contributed by atoms with Gasteiger partial charge in [-0.3, -0.25) is 4.90 Å². The fraction of sp³-hybridized carbons (Fsp3) is 1.00. The zero-order valence-electron chi connectivity index (χ0n) is 8.23. The number of nitrogens with zero attached hydrogens (tertiary/aromatic N) is 1. The fourth-order valence-corrected chi connectivity index (χ4v) is 1.55. The zero-order chi connectivity index (χ0) is 9.03. The molecular formula is C6H14NNaO5S. The molecule has 0 radical (unpaired) electrons. The molecule has 1 saturated heterocycles. The summed E-state index contributed by atoms with van der Waals surface area (Å²) in [5.41, 5.74) is 0. The second kappa shape index (κ2) is 8.00. The van der Waals surface area contributed by atoms with E-state index in [0.717, 1.165) is 13.1 Å². The van der Waals surface area contributed by atoms with Crippen molar-refractivity contribution in [3.05, 3.63) is 0 Å². The van der Waals surface area contributed by atoms with Crippen molar-refractivity contribution in [2.75, 3.05) is 38.6 Å². The van der Waals surface area contributed by atoms with Crippen LogP contribution >= 0.6 is 0 Å². The number of ether oxygens (including phenoxy) is 1. The third kappa shape index (κ3) is 8.13. The maximum Gasteiger partial charge on any atom is 1.00 e. The van der Waals surface area contributed by atoms with Gasteiger partial charge in [-0.2, -0.15) is 0 Å². The molecule has 0 aromatic carbocycles. The van der Waals surface area contributed by atoms with Crippen LogP contribution in [0.2, 0.25) is 0 Å². The van der Waals surface area contributed by atoms with Gasteiger partial charge < -0.3 is 14.8 Å². The van der Waals surface area contributed by atoms with Gasteiger partial charge in [0.2, 0.25) is 0 Å². The summed E-state index contributed by atoms with van der Waals surface area (Å²) in [7, 11) is -4.06. The van der Waals surface area contributed by atoms with Crippen LogP contribution < -0.4 is 29.6 Å². The van der Waals surface area contributed by atoms with Gasteiger partial charge in [0.15, 0.2) is 0 Å². The molecule has 1 fully saturated rings. The van der Waals surface area contributed by atoms with Crippen LogP contribution in [0.4, 0.5) is 0 Å². The van der Waals surface area contributed by atoms with Crippen LogP contribution in [0.15, 0.2) is 0 Å². The summed E-state index contributed by atoms with van der Waals surface area (Å²) in [4.78, 5) is 1.92. The summed E-state index contributed by atoms with van der Waals surface area (Å²) in [5.74, 6) is -0.299. The van der Waals surface area contributed by atoms with Crippen molar-refractivity contribution in [3.63, 3.8) is 0 Å². The third-order valence-corrected chi connectivity index (χ3v) is 2.44. The molecule has 6 nitrogen and oxygen atoms in total. The molecule has 0 atom stereocenters. The van der Waals surface area contributed by atoms with E-state index in [1.54, 1.807) is 0 Å². The molecule has 14 heavy (non-hydrogen) atoms. The Hall–Kier alpha value is 0.790. The standard InChI is InChI=1S/C6H13NO4S.Na.H2O/c8-12(9,10)6-3-7-1-4-11-5-2-7;;/h1-6H2,(H,8,9,10);;1H2/q;+1;/p-1. The van der Waals surface area contributed by atoms with E-state index >= 15 is 0 Å². The van der Waals surface area contributed by atoms with Crippen LogP contribution in [-0.4, -0.2) is 61.9 Å². The maximum absolute atomic E-state index is 10.3. The quantitative estimate of drug-likeness (QED) is 0.360. The van der Waals surface area contributed by atoms with E-state index in [-0.39, 0.29) is 40.8 Å². The van der Waals surface area contributed by atoms with Crippen molar-refractivity contribution in [1.29, 1.82) is 0 Å². The summed E-state index contributed by atoms with van der Waals surface area (Å²) >= 11 is 0. The topological polar surface area (TPSA) is 101 Å². The van der Waals surface area contributed by atoms with Crippen LogP contribution in [0.5, 0.6) is 0 Å². The van der Waals surface area contributed by atoms with E-state index in [2.05, 4.69) is 0 Å². The van der Waals surface area contributed by atoms with Gasteiger partial charge in [0.05, 0.1) is 29.1 Å². The Morgan fingerprint density at radius 2 is 1.79 bits per heavy atom. The minimum atomic E-state index is -4.06. The van der Waals surface area contributed by atoms with Crippen LogP contribution in [0.3, 0.4) is 0 Å². The normalized spacial score (nSPS) is 18.1. The average Bonchev–Trinajstić information content (AvgIpc) is 2.02. The van der Waals surface area contributed by atoms with E-state index in [0.29, 0.717) is 19.8 Å². The summed E-state index contributed by atoms with van der Waals surface area (Å²) in [6.45, 7) is 3.01. The molecule has 0 aliphatic carbocycles. The van der Waals surface area contributed by atoms with Crippen molar-refractivity contribution >= 4 is 10.1 Å². The summed E-state index contributed by atoms with van der Waals surface area (Å²) in [6.07, 6.45) is 0. The van der Waals surface area contributed by atoms with Gasteiger partial charge in [0, 0.05) is 19.6 Å². The Morgan fingerprint density at radius 1 is 1.29 bits per heavy atom. The summed E-state index contributed by atoms with van der Waals surface area (Å²) in [6, 6.07) is 0. The van der Waals surface area contributed by atoms with Crippen molar-refractivity contribution in [1.82, 2.24) is 4.90 Å². The Morgan fingerprint density at radius 3 is 2.21 bits per heavy atom. The first-order chi connectivity index (χ1) is 5.58. The SMILES string of the molecule is O.O=S(=O)([O-])CCN1CCOCC1.[Na+].